The van der Waals surface area contributed by atoms with E-state index < -0.39 is 0 Å². The maximum Gasteiger partial charge on any atom is 0.0876 e. The van der Waals surface area contributed by atoms with Crippen LogP contribution < -0.4 is 11.2 Å². The standard InChI is InChI=1S/C10H16N2O/c1-10(2,3)13-12-9-6-4-8(11)5-7-9/h4-7,12H,11H2,1-3H3. The minimum absolute atomic E-state index is 0.193. The van der Waals surface area contributed by atoms with Crippen molar-refractivity contribution in [3.8, 4) is 0 Å². The molecule has 0 heterocycles. The van der Waals surface area contributed by atoms with Crippen molar-refractivity contribution in [3.05, 3.63) is 24.3 Å². The molecular formula is C10H16N2O. The van der Waals surface area contributed by atoms with Crippen LogP contribution in [0.1, 0.15) is 20.8 Å². The largest absolute Gasteiger partial charge is 0.399 e. The summed E-state index contributed by atoms with van der Waals surface area (Å²) in [6.07, 6.45) is 0. The van der Waals surface area contributed by atoms with Gasteiger partial charge in [-0.1, -0.05) is 0 Å². The first kappa shape index (κ1) is 9.86. The topological polar surface area (TPSA) is 47.3 Å². The van der Waals surface area contributed by atoms with Gasteiger partial charge in [0.2, 0.25) is 0 Å². The maximum atomic E-state index is 5.54. The highest BCUT2D eigenvalue weighted by Gasteiger charge is 2.09. The number of benzene rings is 1. The highest BCUT2D eigenvalue weighted by molar-refractivity contribution is 5.49. The van der Waals surface area contributed by atoms with Crippen LogP contribution >= 0.6 is 0 Å². The normalized spacial score (nSPS) is 11.3. The average molecular weight is 180 g/mol. The fraction of sp³-hybridized carbons (Fsp3) is 0.400. The summed E-state index contributed by atoms with van der Waals surface area (Å²) < 4.78 is 0. The molecule has 72 valence electrons. The second-order valence-corrected chi connectivity index (χ2v) is 3.94. The van der Waals surface area contributed by atoms with E-state index in [1.807, 2.05) is 45.0 Å². The van der Waals surface area contributed by atoms with Gasteiger partial charge in [-0.05, 0) is 45.0 Å². The lowest BCUT2D eigenvalue weighted by molar-refractivity contribution is 0.0375. The van der Waals surface area contributed by atoms with Gasteiger partial charge in [-0.15, -0.1) is 0 Å². The summed E-state index contributed by atoms with van der Waals surface area (Å²) in [5.41, 5.74) is 9.86. The zero-order valence-corrected chi connectivity index (χ0v) is 8.29. The predicted molar refractivity (Wildman–Crippen MR) is 55.3 cm³/mol. The van der Waals surface area contributed by atoms with Gasteiger partial charge in [-0.3, -0.25) is 10.3 Å². The lowest BCUT2D eigenvalue weighted by Crippen LogP contribution is -2.22. The minimum Gasteiger partial charge on any atom is -0.399 e. The molecule has 1 aromatic rings. The zero-order valence-electron chi connectivity index (χ0n) is 8.29. The van der Waals surface area contributed by atoms with E-state index in [1.165, 1.54) is 0 Å². The Balaban J connectivity index is 2.51. The zero-order chi connectivity index (χ0) is 9.90. The van der Waals surface area contributed by atoms with Gasteiger partial charge in [0, 0.05) is 5.69 Å². The molecule has 0 fully saturated rings. The number of rotatable bonds is 2. The van der Waals surface area contributed by atoms with Gasteiger partial charge in [0.15, 0.2) is 0 Å². The monoisotopic (exact) mass is 180 g/mol. The molecule has 13 heavy (non-hydrogen) atoms. The smallest absolute Gasteiger partial charge is 0.0876 e. The molecule has 0 radical (unpaired) electrons. The van der Waals surface area contributed by atoms with Crippen LogP contribution in [0.25, 0.3) is 0 Å². The van der Waals surface area contributed by atoms with Crippen LogP contribution in [-0.4, -0.2) is 5.60 Å². The Morgan fingerprint density at radius 1 is 1.15 bits per heavy atom. The molecular weight excluding hydrogens is 164 g/mol. The van der Waals surface area contributed by atoms with Crippen LogP contribution in [0.3, 0.4) is 0 Å². The van der Waals surface area contributed by atoms with E-state index in [0.717, 1.165) is 11.4 Å². The number of anilines is 2. The maximum absolute atomic E-state index is 5.54. The molecule has 0 spiro atoms. The van der Waals surface area contributed by atoms with Crippen LogP contribution in [0, 0.1) is 0 Å². The minimum atomic E-state index is -0.193. The molecule has 3 heteroatoms. The SMILES string of the molecule is CC(C)(C)ONc1ccc(N)cc1. The highest BCUT2D eigenvalue weighted by atomic mass is 16.7. The van der Waals surface area contributed by atoms with Crippen molar-refractivity contribution in [3.63, 3.8) is 0 Å². The number of nitrogens with one attached hydrogen (secondary N) is 1. The van der Waals surface area contributed by atoms with Crippen molar-refractivity contribution in [1.82, 2.24) is 0 Å². The fourth-order valence-corrected chi connectivity index (χ4v) is 0.763. The molecule has 0 saturated heterocycles. The van der Waals surface area contributed by atoms with E-state index >= 15 is 0 Å². The van der Waals surface area contributed by atoms with Crippen LogP contribution in [0.15, 0.2) is 24.3 Å². The Morgan fingerprint density at radius 2 is 1.69 bits per heavy atom. The molecule has 3 nitrogen and oxygen atoms in total. The predicted octanol–water partition coefficient (Wildman–Crippen LogP) is 2.41. The molecule has 0 atom stereocenters. The van der Waals surface area contributed by atoms with Crippen molar-refractivity contribution in [2.75, 3.05) is 11.2 Å². The van der Waals surface area contributed by atoms with E-state index in [4.69, 9.17) is 10.6 Å². The summed E-state index contributed by atoms with van der Waals surface area (Å²) in [6, 6.07) is 7.41. The quantitative estimate of drug-likeness (QED) is 0.542. The summed E-state index contributed by atoms with van der Waals surface area (Å²) in [5.74, 6) is 0. The number of nitrogens with two attached hydrogens (primary N) is 1. The molecule has 0 aromatic heterocycles. The third-order valence-corrected chi connectivity index (χ3v) is 1.39. The lowest BCUT2D eigenvalue weighted by atomic mass is 10.2. The summed E-state index contributed by atoms with van der Waals surface area (Å²) in [6.45, 7) is 5.95. The van der Waals surface area contributed by atoms with E-state index in [1.54, 1.807) is 0 Å². The van der Waals surface area contributed by atoms with E-state index in [0.29, 0.717) is 0 Å². The van der Waals surface area contributed by atoms with Crippen molar-refractivity contribution < 1.29 is 4.84 Å². The summed E-state index contributed by atoms with van der Waals surface area (Å²) in [7, 11) is 0. The summed E-state index contributed by atoms with van der Waals surface area (Å²) in [4.78, 5) is 5.36. The molecule has 1 aromatic carbocycles. The van der Waals surface area contributed by atoms with E-state index in [2.05, 4.69) is 5.48 Å². The van der Waals surface area contributed by atoms with E-state index in [9.17, 15) is 0 Å². The Hall–Kier alpha value is -1.22. The molecule has 1 rings (SSSR count). The van der Waals surface area contributed by atoms with Crippen LogP contribution in [-0.2, 0) is 4.84 Å². The van der Waals surface area contributed by atoms with Crippen molar-refractivity contribution in [2.24, 2.45) is 0 Å². The molecule has 0 aliphatic carbocycles. The third-order valence-electron chi connectivity index (χ3n) is 1.39. The third kappa shape index (κ3) is 3.80. The van der Waals surface area contributed by atoms with Crippen molar-refractivity contribution >= 4 is 11.4 Å². The molecule has 0 unspecified atom stereocenters. The Kier molecular flexibility index (Phi) is 2.78. The molecule has 0 saturated carbocycles. The molecule has 0 aliphatic heterocycles. The second kappa shape index (κ2) is 3.66. The first-order chi connectivity index (χ1) is 5.97. The number of hydrogen-bond acceptors (Lipinski definition) is 3. The summed E-state index contributed by atoms with van der Waals surface area (Å²) >= 11 is 0. The van der Waals surface area contributed by atoms with Crippen LogP contribution in [0.2, 0.25) is 0 Å². The molecule has 0 aliphatic rings. The van der Waals surface area contributed by atoms with Crippen molar-refractivity contribution in [2.45, 2.75) is 26.4 Å². The lowest BCUT2D eigenvalue weighted by Gasteiger charge is -2.19. The Labute approximate surface area is 78.8 Å². The average Bonchev–Trinajstić information content (AvgIpc) is 2.02. The van der Waals surface area contributed by atoms with Crippen LogP contribution in [0.4, 0.5) is 11.4 Å². The Morgan fingerprint density at radius 3 is 2.15 bits per heavy atom. The van der Waals surface area contributed by atoms with Gasteiger partial charge in [-0.2, -0.15) is 0 Å². The van der Waals surface area contributed by atoms with E-state index in [-0.39, 0.29) is 5.60 Å². The van der Waals surface area contributed by atoms with Gasteiger partial charge in [0.05, 0.1) is 11.3 Å². The van der Waals surface area contributed by atoms with Gasteiger partial charge < -0.3 is 5.73 Å². The fourth-order valence-electron chi connectivity index (χ4n) is 0.763. The second-order valence-electron chi connectivity index (χ2n) is 3.94. The number of nitrogen functional groups attached to an aromatic ring is 1. The summed E-state index contributed by atoms with van der Waals surface area (Å²) in [5, 5.41) is 0. The van der Waals surface area contributed by atoms with Crippen LogP contribution in [0.5, 0.6) is 0 Å². The van der Waals surface area contributed by atoms with Gasteiger partial charge in [0.25, 0.3) is 0 Å². The molecule has 0 amide bonds. The molecule has 0 bridgehead atoms. The van der Waals surface area contributed by atoms with Gasteiger partial charge in [-0.25, -0.2) is 0 Å². The molecule has 3 N–H and O–H groups in total. The Bertz CT molecular complexity index is 261. The van der Waals surface area contributed by atoms with Crippen molar-refractivity contribution in [1.29, 1.82) is 0 Å². The van der Waals surface area contributed by atoms with Gasteiger partial charge in [0.1, 0.15) is 0 Å². The highest BCUT2D eigenvalue weighted by Crippen LogP contribution is 2.13. The number of hydrogen-bond donors (Lipinski definition) is 2. The first-order valence-corrected chi connectivity index (χ1v) is 4.27. The van der Waals surface area contributed by atoms with Gasteiger partial charge >= 0.3 is 0 Å². The first-order valence-electron chi connectivity index (χ1n) is 4.27.